The van der Waals surface area contributed by atoms with E-state index in [9.17, 15) is 9.90 Å². The molecule has 112 valence electrons. The van der Waals surface area contributed by atoms with Gasteiger partial charge in [-0.1, -0.05) is 23.7 Å². The minimum Gasteiger partial charge on any atom is -0.394 e. The predicted octanol–water partition coefficient (Wildman–Crippen LogP) is 1.47. The number of imidazole rings is 1. The van der Waals surface area contributed by atoms with Crippen LogP contribution >= 0.6 is 11.6 Å². The summed E-state index contributed by atoms with van der Waals surface area (Å²) in [5.74, 6) is -0.425. The predicted molar refractivity (Wildman–Crippen MR) is 80.4 cm³/mol. The minimum atomic E-state index is -0.558. The number of halogens is 1. The van der Waals surface area contributed by atoms with E-state index in [2.05, 4.69) is 25.3 Å². The van der Waals surface area contributed by atoms with Crippen molar-refractivity contribution in [3.63, 3.8) is 0 Å². The molecule has 3 rings (SSSR count). The second kappa shape index (κ2) is 6.08. The van der Waals surface area contributed by atoms with Gasteiger partial charge in [0.1, 0.15) is 11.8 Å². The van der Waals surface area contributed by atoms with E-state index >= 15 is 0 Å². The molecule has 1 atom stereocenters. The summed E-state index contributed by atoms with van der Waals surface area (Å²) in [6.07, 6.45) is 2.72. The standard InChI is InChI=1S/C14H12ClN5O2/c15-9-3-1-8(2-4-9)10(5-21)20-14(22)12-11-13(18-6-16-11)19-7-17-12/h1-4,6-7,10,21H,5H2,(H,20,22)(H,16,17,18,19)/t10-/m0/s1. The quantitative estimate of drug-likeness (QED) is 0.676. The van der Waals surface area contributed by atoms with Crippen LogP contribution in [0.5, 0.6) is 0 Å². The molecule has 0 aliphatic heterocycles. The topological polar surface area (TPSA) is 104 Å². The van der Waals surface area contributed by atoms with Crippen LogP contribution < -0.4 is 5.32 Å². The average molecular weight is 318 g/mol. The highest BCUT2D eigenvalue weighted by atomic mass is 35.5. The maximum atomic E-state index is 12.4. The lowest BCUT2D eigenvalue weighted by Crippen LogP contribution is -2.31. The van der Waals surface area contributed by atoms with E-state index in [0.717, 1.165) is 5.56 Å². The number of amides is 1. The second-order valence-corrected chi connectivity index (χ2v) is 5.02. The van der Waals surface area contributed by atoms with Crippen molar-refractivity contribution in [3.05, 3.63) is 53.2 Å². The van der Waals surface area contributed by atoms with Crippen molar-refractivity contribution in [2.75, 3.05) is 6.61 Å². The Morgan fingerprint density at radius 3 is 2.77 bits per heavy atom. The van der Waals surface area contributed by atoms with Gasteiger partial charge in [0.15, 0.2) is 11.3 Å². The fourth-order valence-electron chi connectivity index (χ4n) is 2.09. The summed E-state index contributed by atoms with van der Waals surface area (Å²) in [6, 6.07) is 6.33. The number of carbonyl (C=O) groups is 1. The van der Waals surface area contributed by atoms with E-state index in [0.29, 0.717) is 16.2 Å². The molecule has 0 fully saturated rings. The zero-order chi connectivity index (χ0) is 15.5. The van der Waals surface area contributed by atoms with Gasteiger partial charge in [-0.15, -0.1) is 0 Å². The maximum absolute atomic E-state index is 12.4. The van der Waals surface area contributed by atoms with Crippen LogP contribution in [-0.4, -0.2) is 37.6 Å². The molecular weight excluding hydrogens is 306 g/mol. The highest BCUT2D eigenvalue weighted by Gasteiger charge is 2.19. The van der Waals surface area contributed by atoms with E-state index in [-0.39, 0.29) is 12.3 Å². The Labute approximate surface area is 130 Å². The van der Waals surface area contributed by atoms with Crippen molar-refractivity contribution in [2.45, 2.75) is 6.04 Å². The summed E-state index contributed by atoms with van der Waals surface area (Å²) < 4.78 is 0. The zero-order valence-electron chi connectivity index (χ0n) is 11.3. The summed E-state index contributed by atoms with van der Waals surface area (Å²) in [6.45, 7) is -0.245. The van der Waals surface area contributed by atoms with Gasteiger partial charge in [-0.05, 0) is 17.7 Å². The van der Waals surface area contributed by atoms with Crippen molar-refractivity contribution in [1.29, 1.82) is 0 Å². The van der Waals surface area contributed by atoms with Crippen molar-refractivity contribution < 1.29 is 9.90 Å². The molecule has 0 aliphatic rings. The molecule has 1 amide bonds. The van der Waals surface area contributed by atoms with Gasteiger partial charge in [0.2, 0.25) is 0 Å². The molecule has 0 spiro atoms. The van der Waals surface area contributed by atoms with Crippen LogP contribution in [0.15, 0.2) is 36.9 Å². The Balaban J connectivity index is 1.86. The number of rotatable bonds is 4. The van der Waals surface area contributed by atoms with Crippen LogP contribution in [0.3, 0.4) is 0 Å². The molecule has 0 saturated carbocycles. The first-order valence-corrected chi connectivity index (χ1v) is 6.88. The van der Waals surface area contributed by atoms with Gasteiger partial charge in [0.05, 0.1) is 19.0 Å². The number of benzene rings is 1. The Morgan fingerprint density at radius 1 is 1.27 bits per heavy atom. The number of H-pyrrole nitrogens is 1. The van der Waals surface area contributed by atoms with E-state index in [1.54, 1.807) is 24.3 Å². The summed E-state index contributed by atoms with van der Waals surface area (Å²) in [5.41, 5.74) is 1.78. The maximum Gasteiger partial charge on any atom is 0.272 e. The molecular formula is C14H12ClN5O2. The number of nitrogens with one attached hydrogen (secondary N) is 2. The molecule has 0 bridgehead atoms. The normalized spacial score (nSPS) is 12.3. The van der Waals surface area contributed by atoms with E-state index in [4.69, 9.17) is 11.6 Å². The third-order valence-electron chi connectivity index (χ3n) is 3.20. The van der Waals surface area contributed by atoms with Crippen LogP contribution in [-0.2, 0) is 0 Å². The summed E-state index contributed by atoms with van der Waals surface area (Å²) in [7, 11) is 0. The van der Waals surface area contributed by atoms with Gasteiger partial charge in [-0.3, -0.25) is 4.79 Å². The third kappa shape index (κ3) is 2.76. The first-order valence-electron chi connectivity index (χ1n) is 6.50. The molecule has 7 nitrogen and oxygen atoms in total. The average Bonchev–Trinajstić information content (AvgIpc) is 3.01. The van der Waals surface area contributed by atoms with Crippen molar-refractivity contribution >= 4 is 28.7 Å². The number of aromatic nitrogens is 4. The zero-order valence-corrected chi connectivity index (χ0v) is 12.1. The number of carbonyl (C=O) groups excluding carboxylic acids is 1. The molecule has 3 aromatic rings. The Hall–Kier alpha value is -2.51. The first kappa shape index (κ1) is 14.4. The number of nitrogens with zero attached hydrogens (tertiary/aromatic N) is 3. The summed E-state index contributed by atoms with van der Waals surface area (Å²) in [4.78, 5) is 27.1. The van der Waals surface area contributed by atoms with E-state index in [1.165, 1.54) is 12.7 Å². The molecule has 22 heavy (non-hydrogen) atoms. The van der Waals surface area contributed by atoms with Crippen LogP contribution in [0, 0.1) is 0 Å². The lowest BCUT2D eigenvalue weighted by atomic mass is 10.1. The molecule has 0 radical (unpaired) electrons. The number of fused-ring (bicyclic) bond motifs is 1. The first-order chi connectivity index (χ1) is 10.7. The molecule has 0 aliphatic carbocycles. The van der Waals surface area contributed by atoms with Crippen LogP contribution in [0.1, 0.15) is 22.1 Å². The smallest absolute Gasteiger partial charge is 0.272 e. The van der Waals surface area contributed by atoms with Gasteiger partial charge < -0.3 is 15.4 Å². The number of aliphatic hydroxyl groups excluding tert-OH is 1. The number of hydrogen-bond acceptors (Lipinski definition) is 5. The third-order valence-corrected chi connectivity index (χ3v) is 3.45. The minimum absolute atomic E-state index is 0.176. The van der Waals surface area contributed by atoms with Gasteiger partial charge >= 0.3 is 0 Å². The number of hydrogen-bond donors (Lipinski definition) is 3. The number of aromatic amines is 1. The highest BCUT2D eigenvalue weighted by Crippen LogP contribution is 2.17. The number of aliphatic hydroxyl groups is 1. The lowest BCUT2D eigenvalue weighted by molar-refractivity contribution is 0.0912. The summed E-state index contributed by atoms with van der Waals surface area (Å²) in [5, 5.41) is 12.8. The second-order valence-electron chi connectivity index (χ2n) is 4.58. The molecule has 2 aromatic heterocycles. The molecule has 3 N–H and O–H groups in total. The molecule has 0 unspecified atom stereocenters. The van der Waals surface area contributed by atoms with Gasteiger partial charge in [-0.2, -0.15) is 0 Å². The fraction of sp³-hybridized carbons (Fsp3) is 0.143. The highest BCUT2D eigenvalue weighted by molar-refractivity contribution is 6.30. The Bertz CT molecular complexity index is 802. The largest absolute Gasteiger partial charge is 0.394 e. The monoisotopic (exact) mass is 317 g/mol. The van der Waals surface area contributed by atoms with Gasteiger partial charge in [0, 0.05) is 5.02 Å². The SMILES string of the molecule is O=C(N[C@@H](CO)c1ccc(Cl)cc1)c1ncnc2nc[nH]c12. The lowest BCUT2D eigenvalue weighted by Gasteiger charge is -2.16. The molecule has 8 heteroatoms. The van der Waals surface area contributed by atoms with Gasteiger partial charge in [-0.25, -0.2) is 15.0 Å². The van der Waals surface area contributed by atoms with Crippen LogP contribution in [0.2, 0.25) is 5.02 Å². The Kier molecular flexibility index (Phi) is 3.99. The fourth-order valence-corrected chi connectivity index (χ4v) is 2.22. The van der Waals surface area contributed by atoms with Crippen molar-refractivity contribution in [1.82, 2.24) is 25.3 Å². The molecule has 1 aromatic carbocycles. The molecule has 0 saturated heterocycles. The Morgan fingerprint density at radius 2 is 2.05 bits per heavy atom. The van der Waals surface area contributed by atoms with Crippen molar-refractivity contribution in [3.8, 4) is 0 Å². The summed E-state index contributed by atoms with van der Waals surface area (Å²) >= 11 is 5.84. The van der Waals surface area contributed by atoms with Crippen LogP contribution in [0.4, 0.5) is 0 Å². The van der Waals surface area contributed by atoms with E-state index < -0.39 is 11.9 Å². The van der Waals surface area contributed by atoms with E-state index in [1.807, 2.05) is 0 Å². The van der Waals surface area contributed by atoms with Gasteiger partial charge in [0.25, 0.3) is 5.91 Å². The van der Waals surface area contributed by atoms with Crippen LogP contribution in [0.25, 0.3) is 11.2 Å². The molecule has 2 heterocycles. The van der Waals surface area contributed by atoms with Crippen molar-refractivity contribution in [2.24, 2.45) is 0 Å².